The van der Waals surface area contributed by atoms with Crippen LogP contribution in [0.2, 0.25) is 0 Å². The van der Waals surface area contributed by atoms with Gasteiger partial charge in [0.05, 0.1) is 41.5 Å². The summed E-state index contributed by atoms with van der Waals surface area (Å²) in [7, 11) is 1.76. The lowest BCUT2D eigenvalue weighted by atomic mass is 9.75. The predicted molar refractivity (Wildman–Crippen MR) is 135 cm³/mol. The first-order valence-corrected chi connectivity index (χ1v) is 12.6. The lowest BCUT2D eigenvalue weighted by molar-refractivity contribution is -0.00692. The van der Waals surface area contributed by atoms with Crippen LogP contribution in [0.15, 0.2) is 48.8 Å². The smallest absolute Gasteiger partial charge is 0.256 e. The maximum atomic E-state index is 15.3. The summed E-state index contributed by atoms with van der Waals surface area (Å²) in [5.74, 6) is -1.86. The molecule has 0 bridgehead atoms. The molecule has 7 nitrogen and oxygen atoms in total. The molecule has 1 N–H and O–H groups in total. The number of rotatable bonds is 4. The molecule has 1 saturated carbocycles. The summed E-state index contributed by atoms with van der Waals surface area (Å²) in [6.07, 6.45) is 5.45. The molecule has 9 heteroatoms. The highest BCUT2D eigenvalue weighted by Gasteiger charge is 2.37. The maximum Gasteiger partial charge on any atom is 0.256 e. The second kappa shape index (κ2) is 8.99. The van der Waals surface area contributed by atoms with Gasteiger partial charge in [-0.05, 0) is 61.1 Å². The summed E-state index contributed by atoms with van der Waals surface area (Å²) in [5, 5.41) is 25.9. The molecule has 0 atom stereocenters. The molecule has 3 heterocycles. The Morgan fingerprint density at radius 3 is 2.58 bits per heavy atom. The van der Waals surface area contributed by atoms with Gasteiger partial charge in [-0.1, -0.05) is 12.1 Å². The van der Waals surface area contributed by atoms with E-state index < -0.39 is 17.2 Å². The quantitative estimate of drug-likeness (QED) is 0.416. The van der Waals surface area contributed by atoms with Crippen molar-refractivity contribution in [3.8, 4) is 17.2 Å². The molecule has 2 aromatic carbocycles. The van der Waals surface area contributed by atoms with Crippen LogP contribution in [0.3, 0.4) is 0 Å². The van der Waals surface area contributed by atoms with Crippen molar-refractivity contribution in [1.82, 2.24) is 19.7 Å². The summed E-state index contributed by atoms with van der Waals surface area (Å²) < 4.78 is 32.3. The van der Waals surface area contributed by atoms with Gasteiger partial charge in [-0.25, -0.2) is 8.78 Å². The van der Waals surface area contributed by atoms with Gasteiger partial charge in [-0.2, -0.15) is 10.4 Å². The van der Waals surface area contributed by atoms with Gasteiger partial charge in [0.25, 0.3) is 5.91 Å². The Morgan fingerprint density at radius 2 is 1.89 bits per heavy atom. The van der Waals surface area contributed by atoms with Gasteiger partial charge in [-0.3, -0.25) is 14.5 Å². The number of carbonyl (C=O) groups excluding carboxylic acids is 1. The van der Waals surface area contributed by atoms with Crippen LogP contribution in [0.4, 0.5) is 8.78 Å². The minimum atomic E-state index is -1.12. The maximum absolute atomic E-state index is 15.3. The van der Waals surface area contributed by atoms with Gasteiger partial charge in [0.1, 0.15) is 11.6 Å². The Kier molecular flexibility index (Phi) is 5.73. The van der Waals surface area contributed by atoms with E-state index in [4.69, 9.17) is 0 Å². The summed E-state index contributed by atoms with van der Waals surface area (Å²) in [4.78, 5) is 18.3. The van der Waals surface area contributed by atoms with Crippen LogP contribution in [0.25, 0.3) is 22.0 Å². The van der Waals surface area contributed by atoms with Crippen LogP contribution >= 0.6 is 0 Å². The Hall–Kier alpha value is -4.16. The lowest BCUT2D eigenvalue weighted by Gasteiger charge is -2.34. The number of halogens is 2. The second-order valence-electron chi connectivity index (χ2n) is 10.2. The second-order valence-corrected chi connectivity index (χ2v) is 10.2. The topological polar surface area (TPSA) is 95.0 Å². The van der Waals surface area contributed by atoms with Gasteiger partial charge in [-0.15, -0.1) is 0 Å². The Bertz CT molecular complexity index is 1610. The number of pyridine rings is 1. The minimum absolute atomic E-state index is 0.0699. The number of aliphatic hydroxyl groups is 1. The van der Waals surface area contributed by atoms with E-state index in [2.05, 4.69) is 16.2 Å². The standard InChI is InChI=1S/C29H25F2N5O2/c1-35-14-21-19(4-5-23(27(21)34-35)29(38)8-6-17(13-32)7-9-29)18-11-24(30)22(25(31)12-18)15-36-16-26-20(28(36)37)3-2-10-33-26/h2-5,10-12,14,17,38H,6-9,15-16H2,1H3. The predicted octanol–water partition coefficient (Wildman–Crippen LogP) is 4.97. The van der Waals surface area contributed by atoms with Crippen LogP contribution in [0.5, 0.6) is 0 Å². The van der Waals surface area contributed by atoms with Crippen LogP contribution in [0.1, 0.15) is 52.9 Å². The first kappa shape index (κ1) is 24.2. The summed E-state index contributed by atoms with van der Waals surface area (Å²) in [5.41, 5.74) is 1.90. The third kappa shape index (κ3) is 3.92. The first-order chi connectivity index (χ1) is 18.3. The number of benzene rings is 2. The highest BCUT2D eigenvalue weighted by Crippen LogP contribution is 2.43. The highest BCUT2D eigenvalue weighted by molar-refractivity contribution is 5.98. The largest absolute Gasteiger partial charge is 0.385 e. The molecular formula is C29H25F2N5O2. The number of carbonyl (C=O) groups is 1. The molecular weight excluding hydrogens is 488 g/mol. The van der Waals surface area contributed by atoms with Gasteiger partial charge in [0, 0.05) is 41.9 Å². The zero-order valence-corrected chi connectivity index (χ0v) is 20.8. The van der Waals surface area contributed by atoms with Crippen molar-refractivity contribution in [2.75, 3.05) is 0 Å². The monoisotopic (exact) mass is 513 g/mol. The van der Waals surface area contributed by atoms with E-state index in [0.717, 1.165) is 0 Å². The molecule has 0 radical (unpaired) electrons. The number of aromatic nitrogens is 3. The van der Waals surface area contributed by atoms with Crippen LogP contribution in [-0.2, 0) is 25.7 Å². The fourth-order valence-electron chi connectivity index (χ4n) is 5.75. The average Bonchev–Trinajstić information content (AvgIpc) is 3.45. The van der Waals surface area contributed by atoms with E-state index in [1.165, 1.54) is 17.0 Å². The van der Waals surface area contributed by atoms with Crippen molar-refractivity contribution in [3.63, 3.8) is 0 Å². The lowest BCUT2D eigenvalue weighted by Crippen LogP contribution is -2.31. The molecule has 0 unspecified atom stereocenters. The van der Waals surface area contributed by atoms with E-state index in [0.29, 0.717) is 64.5 Å². The number of nitriles is 1. The third-order valence-electron chi connectivity index (χ3n) is 7.84. The SMILES string of the molecule is Cn1cc2c(-c3cc(F)c(CN4Cc5ncccc5C4=O)c(F)c3)ccc(C3(O)CCC(C#N)CC3)c2n1. The number of hydrogen-bond donors (Lipinski definition) is 1. The van der Waals surface area contributed by atoms with Gasteiger partial charge in [0.2, 0.25) is 0 Å². The normalized spacial score (nSPS) is 21.1. The zero-order chi connectivity index (χ0) is 26.6. The van der Waals surface area contributed by atoms with Crippen molar-refractivity contribution in [2.45, 2.75) is 44.4 Å². The van der Waals surface area contributed by atoms with Crippen LogP contribution in [-0.4, -0.2) is 30.7 Å². The molecule has 1 aliphatic heterocycles. The first-order valence-electron chi connectivity index (χ1n) is 12.6. The van der Waals surface area contributed by atoms with E-state index in [1.807, 2.05) is 0 Å². The Morgan fingerprint density at radius 1 is 1.16 bits per heavy atom. The van der Waals surface area contributed by atoms with Crippen LogP contribution in [0, 0.1) is 28.9 Å². The van der Waals surface area contributed by atoms with Crippen molar-refractivity contribution < 1.29 is 18.7 Å². The molecule has 38 heavy (non-hydrogen) atoms. The third-order valence-corrected chi connectivity index (χ3v) is 7.84. The average molecular weight is 514 g/mol. The molecule has 2 aromatic heterocycles. The molecule has 1 amide bonds. The highest BCUT2D eigenvalue weighted by atomic mass is 19.1. The molecule has 4 aromatic rings. The van der Waals surface area contributed by atoms with E-state index in [9.17, 15) is 15.2 Å². The summed E-state index contributed by atoms with van der Waals surface area (Å²) in [6, 6.07) is 11.7. The van der Waals surface area contributed by atoms with Crippen LogP contribution < -0.4 is 0 Å². The molecule has 6 rings (SSSR count). The minimum Gasteiger partial charge on any atom is -0.385 e. The number of fused-ring (bicyclic) bond motifs is 2. The number of nitrogens with zero attached hydrogens (tertiary/aromatic N) is 5. The van der Waals surface area contributed by atoms with E-state index >= 15 is 8.78 Å². The molecule has 2 aliphatic rings. The molecule has 0 saturated heterocycles. The fraction of sp³-hybridized carbons (Fsp3) is 0.310. The fourth-order valence-corrected chi connectivity index (χ4v) is 5.75. The van der Waals surface area contributed by atoms with Crippen molar-refractivity contribution >= 4 is 16.8 Å². The zero-order valence-electron chi connectivity index (χ0n) is 20.8. The summed E-state index contributed by atoms with van der Waals surface area (Å²) in [6.45, 7) is -0.00344. The summed E-state index contributed by atoms with van der Waals surface area (Å²) >= 11 is 0. The van der Waals surface area contributed by atoms with Crippen molar-refractivity contribution in [3.05, 3.63) is 82.8 Å². The van der Waals surface area contributed by atoms with E-state index in [1.54, 1.807) is 48.4 Å². The number of hydrogen-bond acceptors (Lipinski definition) is 5. The van der Waals surface area contributed by atoms with Gasteiger partial charge < -0.3 is 10.0 Å². The molecule has 192 valence electrons. The van der Waals surface area contributed by atoms with Gasteiger partial charge in [0.15, 0.2) is 0 Å². The number of aryl methyl sites for hydroxylation is 1. The molecule has 1 aliphatic carbocycles. The Labute approximate surface area is 217 Å². The number of amides is 1. The molecule has 1 fully saturated rings. The molecule has 0 spiro atoms. The van der Waals surface area contributed by atoms with Gasteiger partial charge >= 0.3 is 0 Å². The van der Waals surface area contributed by atoms with Crippen molar-refractivity contribution in [2.24, 2.45) is 13.0 Å². The van der Waals surface area contributed by atoms with E-state index in [-0.39, 0.29) is 30.5 Å². The van der Waals surface area contributed by atoms with Crippen molar-refractivity contribution in [1.29, 1.82) is 5.26 Å². The Balaban J connectivity index is 1.34.